The van der Waals surface area contributed by atoms with Crippen molar-refractivity contribution in [3.8, 4) is 5.75 Å². The first kappa shape index (κ1) is 24.3. The third-order valence-corrected chi connectivity index (χ3v) is 4.11. The molecule has 0 saturated carbocycles. The number of halogens is 1. The number of aryl methyl sites for hydroxylation is 3. The number of rotatable bonds is 9. The molecule has 2 aromatic rings. The van der Waals surface area contributed by atoms with Gasteiger partial charge in [0, 0.05) is 31.3 Å². The van der Waals surface area contributed by atoms with Gasteiger partial charge in [0.25, 0.3) is 0 Å². The van der Waals surface area contributed by atoms with Crippen LogP contribution in [0, 0.1) is 20.8 Å². The summed E-state index contributed by atoms with van der Waals surface area (Å²) in [5.74, 6) is 3.46. The lowest BCUT2D eigenvalue weighted by atomic mass is 10.1. The normalized spacial score (nSPS) is 11.1. The van der Waals surface area contributed by atoms with Crippen LogP contribution in [0.4, 0.5) is 0 Å². The maximum Gasteiger partial charge on any atom is 0.191 e. The van der Waals surface area contributed by atoms with Gasteiger partial charge in [-0.1, -0.05) is 12.1 Å². The molecule has 1 aromatic carbocycles. The van der Waals surface area contributed by atoms with Crippen LogP contribution in [0.3, 0.4) is 0 Å². The third kappa shape index (κ3) is 7.71. The second-order valence-electron chi connectivity index (χ2n) is 6.44. The molecule has 0 atom stereocenters. The summed E-state index contributed by atoms with van der Waals surface area (Å²) in [6, 6.07) is 8.25. The van der Waals surface area contributed by atoms with Crippen molar-refractivity contribution < 1.29 is 13.9 Å². The Morgan fingerprint density at radius 1 is 1.07 bits per heavy atom. The van der Waals surface area contributed by atoms with Crippen LogP contribution in [0.15, 0.2) is 33.7 Å². The summed E-state index contributed by atoms with van der Waals surface area (Å²) in [5.41, 5.74) is 3.35. The SMILES string of the molecule is CCNC(=NCc1cc(C)oc1C)NCc1ccc(C)cc1OCCOC.I. The second-order valence-corrected chi connectivity index (χ2v) is 6.44. The number of furan rings is 1. The summed E-state index contributed by atoms with van der Waals surface area (Å²) < 4.78 is 16.5. The molecular formula is C21H32IN3O3. The minimum Gasteiger partial charge on any atom is -0.491 e. The molecule has 6 nitrogen and oxygen atoms in total. The van der Waals surface area contributed by atoms with E-state index in [0.29, 0.717) is 26.3 Å². The number of aliphatic imine (C=N–C) groups is 1. The van der Waals surface area contributed by atoms with E-state index in [1.54, 1.807) is 7.11 Å². The van der Waals surface area contributed by atoms with E-state index in [2.05, 4.69) is 41.6 Å². The molecule has 7 heteroatoms. The average Bonchev–Trinajstić information content (AvgIpc) is 2.96. The van der Waals surface area contributed by atoms with E-state index in [9.17, 15) is 0 Å². The molecule has 28 heavy (non-hydrogen) atoms. The van der Waals surface area contributed by atoms with E-state index in [-0.39, 0.29) is 24.0 Å². The first-order valence-electron chi connectivity index (χ1n) is 9.32. The largest absolute Gasteiger partial charge is 0.491 e. The number of hydrogen-bond acceptors (Lipinski definition) is 4. The molecule has 0 fully saturated rings. The van der Waals surface area contributed by atoms with Crippen molar-refractivity contribution in [2.75, 3.05) is 26.9 Å². The van der Waals surface area contributed by atoms with E-state index >= 15 is 0 Å². The van der Waals surface area contributed by atoms with Crippen LogP contribution >= 0.6 is 24.0 Å². The van der Waals surface area contributed by atoms with Gasteiger partial charge in [0.2, 0.25) is 0 Å². The molecule has 0 aliphatic rings. The Bertz CT molecular complexity index is 759. The topological polar surface area (TPSA) is 68.0 Å². The Balaban J connectivity index is 0.00000392. The van der Waals surface area contributed by atoms with Gasteiger partial charge in [-0.3, -0.25) is 0 Å². The summed E-state index contributed by atoms with van der Waals surface area (Å²) in [5, 5.41) is 6.66. The molecule has 1 aromatic heterocycles. The fourth-order valence-electron chi connectivity index (χ4n) is 2.70. The van der Waals surface area contributed by atoms with Crippen molar-refractivity contribution in [3.63, 3.8) is 0 Å². The highest BCUT2D eigenvalue weighted by Gasteiger charge is 2.07. The number of ether oxygens (including phenoxy) is 2. The standard InChI is InChI=1S/C21H31N3O3.HI/c1-6-22-21(24-14-19-12-16(3)27-17(19)4)23-13-18-8-7-15(2)11-20(18)26-10-9-25-5;/h7-8,11-12H,6,9-10,13-14H2,1-5H3,(H2,22,23,24);1H. The van der Waals surface area contributed by atoms with Gasteiger partial charge in [-0.2, -0.15) is 0 Å². The zero-order valence-electron chi connectivity index (χ0n) is 17.4. The van der Waals surface area contributed by atoms with Crippen molar-refractivity contribution in [3.05, 3.63) is 52.5 Å². The molecule has 2 rings (SSSR count). The fraction of sp³-hybridized carbons (Fsp3) is 0.476. The summed E-state index contributed by atoms with van der Waals surface area (Å²) in [7, 11) is 1.67. The highest BCUT2D eigenvalue weighted by atomic mass is 127. The van der Waals surface area contributed by atoms with Gasteiger partial charge < -0.3 is 24.5 Å². The third-order valence-electron chi connectivity index (χ3n) is 4.11. The number of nitrogens with one attached hydrogen (secondary N) is 2. The van der Waals surface area contributed by atoms with Crippen LogP contribution in [0.25, 0.3) is 0 Å². The minimum atomic E-state index is 0. The zero-order chi connectivity index (χ0) is 19.6. The van der Waals surface area contributed by atoms with Gasteiger partial charge in [-0.05, 0) is 45.4 Å². The lowest BCUT2D eigenvalue weighted by molar-refractivity contribution is 0.145. The molecule has 0 amide bonds. The highest BCUT2D eigenvalue weighted by Crippen LogP contribution is 2.20. The van der Waals surface area contributed by atoms with E-state index in [1.807, 2.05) is 26.0 Å². The monoisotopic (exact) mass is 501 g/mol. The van der Waals surface area contributed by atoms with Crippen LogP contribution in [0.1, 0.15) is 35.1 Å². The number of benzene rings is 1. The number of guanidine groups is 1. The number of nitrogens with zero attached hydrogens (tertiary/aromatic N) is 1. The molecule has 2 N–H and O–H groups in total. The Morgan fingerprint density at radius 3 is 2.50 bits per heavy atom. The van der Waals surface area contributed by atoms with Crippen LogP contribution in [-0.2, 0) is 17.8 Å². The Hall–Kier alpha value is -1.74. The van der Waals surface area contributed by atoms with Crippen LogP contribution in [0.5, 0.6) is 5.75 Å². The molecule has 0 bridgehead atoms. The van der Waals surface area contributed by atoms with Crippen LogP contribution in [0.2, 0.25) is 0 Å². The predicted octanol–water partition coefficient (Wildman–Crippen LogP) is 4.10. The van der Waals surface area contributed by atoms with E-state index in [0.717, 1.165) is 46.5 Å². The summed E-state index contributed by atoms with van der Waals surface area (Å²) >= 11 is 0. The lowest BCUT2D eigenvalue weighted by Crippen LogP contribution is -2.36. The van der Waals surface area contributed by atoms with Gasteiger partial charge >= 0.3 is 0 Å². The van der Waals surface area contributed by atoms with Gasteiger partial charge in [-0.25, -0.2) is 4.99 Å². The van der Waals surface area contributed by atoms with Crippen LogP contribution < -0.4 is 15.4 Å². The van der Waals surface area contributed by atoms with Crippen molar-refractivity contribution in [1.29, 1.82) is 0 Å². The maximum absolute atomic E-state index is 5.86. The number of methoxy groups -OCH3 is 1. The molecule has 156 valence electrons. The molecule has 0 spiro atoms. The van der Waals surface area contributed by atoms with E-state index in [1.165, 1.54) is 0 Å². The number of hydrogen-bond donors (Lipinski definition) is 2. The molecule has 0 radical (unpaired) electrons. The predicted molar refractivity (Wildman–Crippen MR) is 124 cm³/mol. The molecule has 0 unspecified atom stereocenters. The quantitative estimate of drug-likeness (QED) is 0.235. The zero-order valence-corrected chi connectivity index (χ0v) is 19.8. The van der Waals surface area contributed by atoms with Crippen molar-refractivity contribution in [2.45, 2.75) is 40.8 Å². The average molecular weight is 501 g/mol. The van der Waals surface area contributed by atoms with Gasteiger partial charge in [-0.15, -0.1) is 24.0 Å². The Kier molecular flexibility index (Phi) is 11.0. The smallest absolute Gasteiger partial charge is 0.191 e. The van der Waals surface area contributed by atoms with Gasteiger partial charge in [0.1, 0.15) is 23.9 Å². The highest BCUT2D eigenvalue weighted by molar-refractivity contribution is 14.0. The second kappa shape index (κ2) is 12.7. The lowest BCUT2D eigenvalue weighted by Gasteiger charge is -2.15. The first-order chi connectivity index (χ1) is 13.0. The van der Waals surface area contributed by atoms with Crippen molar-refractivity contribution in [1.82, 2.24) is 10.6 Å². The molecule has 0 saturated heterocycles. The Labute approximate surface area is 185 Å². The van der Waals surface area contributed by atoms with Gasteiger partial charge in [0.05, 0.1) is 13.2 Å². The summed E-state index contributed by atoms with van der Waals surface area (Å²) in [6.07, 6.45) is 0. The fourth-order valence-corrected chi connectivity index (χ4v) is 2.70. The molecule has 1 heterocycles. The molecule has 0 aliphatic carbocycles. The molecule has 0 aliphatic heterocycles. The minimum absolute atomic E-state index is 0. The van der Waals surface area contributed by atoms with E-state index in [4.69, 9.17) is 13.9 Å². The summed E-state index contributed by atoms with van der Waals surface area (Å²) in [4.78, 5) is 4.67. The van der Waals surface area contributed by atoms with Gasteiger partial charge in [0.15, 0.2) is 5.96 Å². The van der Waals surface area contributed by atoms with Crippen LogP contribution in [-0.4, -0.2) is 32.8 Å². The summed E-state index contributed by atoms with van der Waals surface area (Å²) in [6.45, 7) is 11.1. The van der Waals surface area contributed by atoms with Crippen molar-refractivity contribution >= 4 is 29.9 Å². The van der Waals surface area contributed by atoms with Crippen molar-refractivity contribution in [2.24, 2.45) is 4.99 Å². The Morgan fingerprint density at radius 2 is 1.86 bits per heavy atom. The molecular weight excluding hydrogens is 469 g/mol. The first-order valence-corrected chi connectivity index (χ1v) is 9.32. The van der Waals surface area contributed by atoms with E-state index < -0.39 is 0 Å². The maximum atomic E-state index is 5.86.